The average Bonchev–Trinajstić information content (AvgIpc) is 2.35. The molecule has 0 amide bonds. The minimum atomic E-state index is -0.693. The first-order valence-corrected chi connectivity index (χ1v) is 5.30. The van der Waals surface area contributed by atoms with Gasteiger partial charge in [0.25, 0.3) is 0 Å². The van der Waals surface area contributed by atoms with E-state index in [0.717, 1.165) is 5.56 Å². The second-order valence-corrected chi connectivity index (χ2v) is 3.73. The summed E-state index contributed by atoms with van der Waals surface area (Å²) in [5.41, 5.74) is 1.67. The molecule has 0 aromatic heterocycles. The van der Waals surface area contributed by atoms with E-state index >= 15 is 0 Å². The highest BCUT2D eigenvalue weighted by Gasteiger charge is 2.15. The standard InChI is InChI=1S/C14H18O2/c1-4-11(2)14(15)12(3)16-10-13-8-6-5-7-9-13/h4-9,12,14-15H,1-2,10H2,3H3/t12-,14-/m1/s1. The van der Waals surface area contributed by atoms with Gasteiger partial charge < -0.3 is 9.84 Å². The maximum Gasteiger partial charge on any atom is 0.104 e. The van der Waals surface area contributed by atoms with Gasteiger partial charge in [-0.15, -0.1) is 0 Å². The van der Waals surface area contributed by atoms with Crippen molar-refractivity contribution >= 4 is 0 Å². The van der Waals surface area contributed by atoms with Crippen LogP contribution in [-0.2, 0) is 11.3 Å². The quantitative estimate of drug-likeness (QED) is 0.744. The molecule has 1 aromatic carbocycles. The summed E-state index contributed by atoms with van der Waals surface area (Å²) in [6, 6.07) is 9.86. The van der Waals surface area contributed by atoms with Crippen LogP contribution >= 0.6 is 0 Å². The lowest BCUT2D eigenvalue weighted by atomic mass is 10.1. The Morgan fingerprint density at radius 2 is 2.06 bits per heavy atom. The van der Waals surface area contributed by atoms with Crippen molar-refractivity contribution in [2.45, 2.75) is 25.7 Å². The Labute approximate surface area is 96.9 Å². The van der Waals surface area contributed by atoms with Crippen LogP contribution in [0.2, 0.25) is 0 Å². The Morgan fingerprint density at radius 1 is 1.44 bits per heavy atom. The van der Waals surface area contributed by atoms with Gasteiger partial charge in [-0.25, -0.2) is 0 Å². The Morgan fingerprint density at radius 3 is 2.62 bits per heavy atom. The largest absolute Gasteiger partial charge is 0.386 e. The van der Waals surface area contributed by atoms with Gasteiger partial charge in [0.05, 0.1) is 12.7 Å². The molecule has 0 heterocycles. The molecule has 1 aromatic rings. The van der Waals surface area contributed by atoms with Crippen molar-refractivity contribution in [3.05, 3.63) is 60.7 Å². The summed E-state index contributed by atoms with van der Waals surface area (Å²) < 4.78 is 5.55. The van der Waals surface area contributed by atoms with Crippen molar-refractivity contribution in [1.29, 1.82) is 0 Å². The highest BCUT2D eigenvalue weighted by atomic mass is 16.5. The summed E-state index contributed by atoms with van der Waals surface area (Å²) in [6.07, 6.45) is 0.569. The number of ether oxygens (including phenoxy) is 1. The molecule has 0 saturated carbocycles. The molecule has 2 nitrogen and oxygen atoms in total. The van der Waals surface area contributed by atoms with Crippen LogP contribution in [0.15, 0.2) is 55.1 Å². The summed E-state index contributed by atoms with van der Waals surface area (Å²) in [5, 5.41) is 9.77. The van der Waals surface area contributed by atoms with E-state index in [2.05, 4.69) is 13.2 Å². The van der Waals surface area contributed by atoms with Crippen LogP contribution in [0.25, 0.3) is 0 Å². The van der Waals surface area contributed by atoms with Crippen molar-refractivity contribution in [2.75, 3.05) is 0 Å². The zero-order valence-electron chi connectivity index (χ0n) is 9.60. The van der Waals surface area contributed by atoms with Crippen molar-refractivity contribution < 1.29 is 9.84 Å². The van der Waals surface area contributed by atoms with E-state index in [-0.39, 0.29) is 6.10 Å². The predicted octanol–water partition coefficient (Wildman–Crippen LogP) is 2.69. The first-order valence-electron chi connectivity index (χ1n) is 5.30. The Kier molecular flexibility index (Phi) is 4.96. The average molecular weight is 218 g/mol. The van der Waals surface area contributed by atoms with E-state index in [4.69, 9.17) is 4.74 Å². The molecule has 0 spiro atoms. The fourth-order valence-electron chi connectivity index (χ4n) is 1.32. The Hall–Kier alpha value is -1.38. The van der Waals surface area contributed by atoms with E-state index in [9.17, 15) is 5.11 Å². The number of aliphatic hydroxyl groups is 1. The number of hydrogen-bond acceptors (Lipinski definition) is 2. The van der Waals surface area contributed by atoms with Crippen molar-refractivity contribution in [3.8, 4) is 0 Å². The zero-order valence-corrected chi connectivity index (χ0v) is 9.60. The molecule has 0 bridgehead atoms. The van der Waals surface area contributed by atoms with Crippen LogP contribution in [-0.4, -0.2) is 17.3 Å². The van der Waals surface area contributed by atoms with E-state index < -0.39 is 6.10 Å². The first kappa shape index (κ1) is 12.7. The van der Waals surface area contributed by atoms with E-state index in [0.29, 0.717) is 12.2 Å². The van der Waals surface area contributed by atoms with E-state index in [1.165, 1.54) is 0 Å². The number of rotatable bonds is 6. The van der Waals surface area contributed by atoms with Crippen molar-refractivity contribution in [3.63, 3.8) is 0 Å². The van der Waals surface area contributed by atoms with Crippen molar-refractivity contribution in [2.24, 2.45) is 0 Å². The van der Waals surface area contributed by atoms with Gasteiger partial charge >= 0.3 is 0 Å². The monoisotopic (exact) mass is 218 g/mol. The summed E-state index contributed by atoms with van der Waals surface area (Å²) in [6.45, 7) is 9.58. The molecule has 1 N–H and O–H groups in total. The van der Waals surface area contributed by atoms with Crippen molar-refractivity contribution in [1.82, 2.24) is 0 Å². The molecule has 0 unspecified atom stereocenters. The van der Waals surface area contributed by atoms with Gasteiger partial charge in [-0.2, -0.15) is 0 Å². The molecule has 1 rings (SSSR count). The second kappa shape index (κ2) is 6.26. The highest BCUT2D eigenvalue weighted by molar-refractivity contribution is 5.18. The molecule has 0 radical (unpaired) electrons. The van der Waals surface area contributed by atoms with Gasteiger partial charge in [0.15, 0.2) is 0 Å². The van der Waals surface area contributed by atoms with Gasteiger partial charge in [0.2, 0.25) is 0 Å². The van der Waals surface area contributed by atoms with Gasteiger partial charge in [0.1, 0.15) is 6.10 Å². The van der Waals surface area contributed by atoms with Crippen LogP contribution in [0.5, 0.6) is 0 Å². The lowest BCUT2D eigenvalue weighted by Gasteiger charge is -2.19. The predicted molar refractivity (Wildman–Crippen MR) is 66.0 cm³/mol. The number of benzene rings is 1. The third-order valence-corrected chi connectivity index (χ3v) is 2.44. The Balaban J connectivity index is 2.44. The topological polar surface area (TPSA) is 29.5 Å². The fraction of sp³-hybridized carbons (Fsp3) is 0.286. The lowest BCUT2D eigenvalue weighted by Crippen LogP contribution is -2.26. The van der Waals surface area contributed by atoms with Crippen LogP contribution < -0.4 is 0 Å². The van der Waals surface area contributed by atoms with Gasteiger partial charge in [-0.3, -0.25) is 0 Å². The molecule has 86 valence electrons. The molecule has 0 aliphatic carbocycles. The minimum absolute atomic E-state index is 0.286. The smallest absolute Gasteiger partial charge is 0.104 e. The number of aliphatic hydroxyl groups excluding tert-OH is 1. The molecule has 2 heteroatoms. The third-order valence-electron chi connectivity index (χ3n) is 2.44. The fourth-order valence-corrected chi connectivity index (χ4v) is 1.32. The molecular formula is C14H18O2. The highest BCUT2D eigenvalue weighted by Crippen LogP contribution is 2.11. The maximum absolute atomic E-state index is 9.77. The summed E-state index contributed by atoms with van der Waals surface area (Å²) >= 11 is 0. The van der Waals surface area contributed by atoms with Crippen LogP contribution in [0.4, 0.5) is 0 Å². The SMILES string of the molecule is C=CC(=C)[C@@H](O)[C@@H](C)OCc1ccccc1. The van der Waals surface area contributed by atoms with Gasteiger partial charge in [-0.1, -0.05) is 49.6 Å². The molecule has 0 aliphatic heterocycles. The van der Waals surface area contributed by atoms with Gasteiger partial charge in [-0.05, 0) is 18.1 Å². The number of hydrogen-bond donors (Lipinski definition) is 1. The maximum atomic E-state index is 9.77. The molecule has 0 fully saturated rings. The molecular weight excluding hydrogens is 200 g/mol. The first-order chi connectivity index (χ1) is 7.65. The summed E-state index contributed by atoms with van der Waals surface area (Å²) in [4.78, 5) is 0. The molecule has 2 atom stereocenters. The van der Waals surface area contributed by atoms with E-state index in [1.807, 2.05) is 37.3 Å². The summed E-state index contributed by atoms with van der Waals surface area (Å²) in [5.74, 6) is 0. The summed E-state index contributed by atoms with van der Waals surface area (Å²) in [7, 11) is 0. The Bertz CT molecular complexity index is 343. The van der Waals surface area contributed by atoms with Crippen LogP contribution in [0.1, 0.15) is 12.5 Å². The van der Waals surface area contributed by atoms with Gasteiger partial charge in [0, 0.05) is 0 Å². The minimum Gasteiger partial charge on any atom is -0.386 e. The third kappa shape index (κ3) is 3.65. The van der Waals surface area contributed by atoms with E-state index in [1.54, 1.807) is 6.08 Å². The zero-order chi connectivity index (χ0) is 12.0. The molecule has 0 aliphatic rings. The second-order valence-electron chi connectivity index (χ2n) is 3.73. The normalized spacial score (nSPS) is 14.1. The molecule has 16 heavy (non-hydrogen) atoms. The van der Waals surface area contributed by atoms with Crippen LogP contribution in [0.3, 0.4) is 0 Å². The lowest BCUT2D eigenvalue weighted by molar-refractivity contribution is -0.0182. The molecule has 0 saturated heterocycles. The van der Waals surface area contributed by atoms with Crippen LogP contribution in [0, 0.1) is 0 Å².